The molecule has 124 valence electrons. The number of pyridine rings is 1. The first-order chi connectivity index (χ1) is 11.2. The molecule has 1 saturated carbocycles. The molecule has 0 spiro atoms. The quantitative estimate of drug-likeness (QED) is 0.926. The lowest BCUT2D eigenvalue weighted by molar-refractivity contribution is -0.139. The topological polar surface area (TPSA) is 62.3 Å². The summed E-state index contributed by atoms with van der Waals surface area (Å²) in [6.07, 6.45) is 9.50. The van der Waals surface area contributed by atoms with E-state index in [0.717, 1.165) is 44.3 Å². The Hall–Kier alpha value is -1.91. The van der Waals surface area contributed by atoms with Gasteiger partial charge in [-0.25, -0.2) is 0 Å². The highest BCUT2D eigenvalue weighted by atomic mass is 16.2. The van der Waals surface area contributed by atoms with Crippen LogP contribution in [-0.2, 0) is 16.1 Å². The fraction of sp³-hybridized carbons (Fsp3) is 0.611. The van der Waals surface area contributed by atoms with Gasteiger partial charge in [0.25, 0.3) is 0 Å². The van der Waals surface area contributed by atoms with Gasteiger partial charge in [-0.15, -0.1) is 0 Å². The second-order valence-electron chi connectivity index (χ2n) is 6.66. The molecule has 0 aromatic carbocycles. The van der Waals surface area contributed by atoms with Crippen LogP contribution in [0.15, 0.2) is 24.5 Å². The molecule has 2 amide bonds. The van der Waals surface area contributed by atoms with Crippen molar-refractivity contribution in [1.29, 1.82) is 0 Å². The highest BCUT2D eigenvalue weighted by molar-refractivity contribution is 5.81. The first kappa shape index (κ1) is 16.0. The fourth-order valence-corrected chi connectivity index (χ4v) is 3.63. The lowest BCUT2D eigenvalue weighted by Gasteiger charge is -2.33. The number of likely N-dealkylation sites (tertiary alicyclic amines) is 1. The standard InChI is InChI=1S/C18H25N3O2/c22-17(20-13-14-4-3-9-19-12-14)15-7-10-21(11-8-15)18(23)16-5-1-2-6-16/h3-4,9,12,15-16H,1-2,5-8,10-11,13H2,(H,20,22). The van der Waals surface area contributed by atoms with Crippen molar-refractivity contribution in [2.45, 2.75) is 45.1 Å². The van der Waals surface area contributed by atoms with E-state index in [0.29, 0.717) is 12.5 Å². The number of hydrogen-bond donors (Lipinski definition) is 1. The summed E-state index contributed by atoms with van der Waals surface area (Å²) in [5.74, 6) is 0.684. The molecule has 5 nitrogen and oxygen atoms in total. The van der Waals surface area contributed by atoms with E-state index >= 15 is 0 Å². The van der Waals surface area contributed by atoms with Crippen LogP contribution in [0.25, 0.3) is 0 Å². The minimum atomic E-state index is 0.0271. The number of aromatic nitrogens is 1. The highest BCUT2D eigenvalue weighted by Crippen LogP contribution is 2.28. The maximum Gasteiger partial charge on any atom is 0.225 e. The number of carbonyl (C=O) groups is 2. The van der Waals surface area contributed by atoms with E-state index in [1.807, 2.05) is 17.0 Å². The maximum atomic E-state index is 12.4. The Morgan fingerprint density at radius 2 is 1.87 bits per heavy atom. The minimum absolute atomic E-state index is 0.0271. The SMILES string of the molecule is O=C(NCc1cccnc1)C1CCN(C(=O)C2CCCC2)CC1. The molecule has 5 heteroatoms. The van der Waals surface area contributed by atoms with Gasteiger partial charge in [0.1, 0.15) is 0 Å². The van der Waals surface area contributed by atoms with Crippen LogP contribution in [0.2, 0.25) is 0 Å². The van der Waals surface area contributed by atoms with Gasteiger partial charge in [0, 0.05) is 43.9 Å². The van der Waals surface area contributed by atoms with Crippen molar-refractivity contribution in [1.82, 2.24) is 15.2 Å². The third kappa shape index (κ3) is 4.09. The molecule has 1 aliphatic carbocycles. The Balaban J connectivity index is 1.43. The third-order valence-electron chi connectivity index (χ3n) is 5.07. The summed E-state index contributed by atoms with van der Waals surface area (Å²) in [5, 5.41) is 2.99. The van der Waals surface area contributed by atoms with Crippen molar-refractivity contribution in [3.05, 3.63) is 30.1 Å². The first-order valence-corrected chi connectivity index (χ1v) is 8.69. The Bertz CT molecular complexity index is 532. The van der Waals surface area contributed by atoms with Gasteiger partial charge >= 0.3 is 0 Å². The number of nitrogens with one attached hydrogen (secondary N) is 1. The van der Waals surface area contributed by atoms with E-state index in [1.54, 1.807) is 12.4 Å². The van der Waals surface area contributed by atoms with Crippen LogP contribution in [0.3, 0.4) is 0 Å². The fourth-order valence-electron chi connectivity index (χ4n) is 3.63. The van der Waals surface area contributed by atoms with Crippen LogP contribution >= 0.6 is 0 Å². The second kappa shape index (κ2) is 7.57. The highest BCUT2D eigenvalue weighted by Gasteiger charge is 2.31. The summed E-state index contributed by atoms with van der Waals surface area (Å²) in [5.41, 5.74) is 1.01. The predicted octanol–water partition coefficient (Wildman–Crippen LogP) is 2.13. The Morgan fingerprint density at radius 1 is 1.13 bits per heavy atom. The van der Waals surface area contributed by atoms with E-state index in [4.69, 9.17) is 0 Å². The Morgan fingerprint density at radius 3 is 2.52 bits per heavy atom. The lowest BCUT2D eigenvalue weighted by Crippen LogP contribution is -2.44. The summed E-state index contributed by atoms with van der Waals surface area (Å²) in [6.45, 7) is 1.97. The van der Waals surface area contributed by atoms with Gasteiger partial charge in [-0.1, -0.05) is 18.9 Å². The zero-order valence-electron chi connectivity index (χ0n) is 13.5. The Labute approximate surface area is 137 Å². The molecule has 0 bridgehead atoms. The molecule has 0 unspecified atom stereocenters. The minimum Gasteiger partial charge on any atom is -0.352 e. The molecule has 3 rings (SSSR count). The van der Waals surface area contributed by atoms with Gasteiger partial charge in [-0.05, 0) is 37.3 Å². The summed E-state index contributed by atoms with van der Waals surface area (Å²) in [7, 11) is 0. The molecule has 1 aliphatic heterocycles. The van der Waals surface area contributed by atoms with E-state index in [2.05, 4.69) is 10.3 Å². The molecule has 0 atom stereocenters. The van der Waals surface area contributed by atoms with Gasteiger partial charge in [0.15, 0.2) is 0 Å². The summed E-state index contributed by atoms with van der Waals surface area (Å²) >= 11 is 0. The Kier molecular flexibility index (Phi) is 5.26. The van der Waals surface area contributed by atoms with Crippen molar-refractivity contribution >= 4 is 11.8 Å². The van der Waals surface area contributed by atoms with Crippen LogP contribution in [0.5, 0.6) is 0 Å². The number of amides is 2. The van der Waals surface area contributed by atoms with E-state index < -0.39 is 0 Å². The summed E-state index contributed by atoms with van der Waals surface area (Å²) < 4.78 is 0. The lowest BCUT2D eigenvalue weighted by atomic mass is 9.94. The predicted molar refractivity (Wildman–Crippen MR) is 87.3 cm³/mol. The summed E-state index contributed by atoms with van der Waals surface area (Å²) in [4.78, 5) is 30.7. The first-order valence-electron chi connectivity index (χ1n) is 8.69. The molecule has 0 radical (unpaired) electrons. The van der Waals surface area contributed by atoms with Crippen LogP contribution in [-0.4, -0.2) is 34.8 Å². The summed E-state index contributed by atoms with van der Waals surface area (Å²) in [6, 6.07) is 3.82. The average molecular weight is 315 g/mol. The molecular weight excluding hydrogens is 290 g/mol. The van der Waals surface area contributed by atoms with Crippen molar-refractivity contribution < 1.29 is 9.59 Å². The van der Waals surface area contributed by atoms with E-state index in [1.165, 1.54) is 12.8 Å². The number of carbonyl (C=O) groups excluding carboxylic acids is 2. The molecule has 1 N–H and O–H groups in total. The maximum absolute atomic E-state index is 12.4. The van der Waals surface area contributed by atoms with Crippen molar-refractivity contribution in [2.75, 3.05) is 13.1 Å². The molecule has 1 saturated heterocycles. The average Bonchev–Trinajstić information content (AvgIpc) is 3.15. The van der Waals surface area contributed by atoms with Gasteiger partial charge in [0.2, 0.25) is 11.8 Å². The monoisotopic (exact) mass is 315 g/mol. The zero-order chi connectivity index (χ0) is 16.1. The van der Waals surface area contributed by atoms with Gasteiger partial charge in [-0.3, -0.25) is 14.6 Å². The van der Waals surface area contributed by atoms with Crippen molar-refractivity contribution in [3.8, 4) is 0 Å². The molecule has 2 aliphatic rings. The second-order valence-corrected chi connectivity index (χ2v) is 6.66. The number of nitrogens with zero attached hydrogens (tertiary/aromatic N) is 2. The van der Waals surface area contributed by atoms with Crippen LogP contribution in [0, 0.1) is 11.8 Å². The van der Waals surface area contributed by atoms with Crippen LogP contribution in [0.1, 0.15) is 44.1 Å². The smallest absolute Gasteiger partial charge is 0.225 e. The van der Waals surface area contributed by atoms with Gasteiger partial charge in [0.05, 0.1) is 0 Å². The van der Waals surface area contributed by atoms with Gasteiger partial charge in [-0.2, -0.15) is 0 Å². The molecule has 23 heavy (non-hydrogen) atoms. The number of rotatable bonds is 4. The van der Waals surface area contributed by atoms with Crippen molar-refractivity contribution in [3.63, 3.8) is 0 Å². The molecule has 2 fully saturated rings. The molecule has 1 aromatic rings. The van der Waals surface area contributed by atoms with Crippen LogP contribution < -0.4 is 5.32 Å². The zero-order valence-corrected chi connectivity index (χ0v) is 13.5. The normalized spacial score (nSPS) is 19.7. The van der Waals surface area contributed by atoms with Gasteiger partial charge < -0.3 is 10.2 Å². The number of piperidine rings is 1. The molecule has 1 aromatic heterocycles. The largest absolute Gasteiger partial charge is 0.352 e. The van der Waals surface area contributed by atoms with Crippen LogP contribution in [0.4, 0.5) is 0 Å². The molecule has 2 heterocycles. The molecular formula is C18H25N3O2. The van der Waals surface area contributed by atoms with E-state index in [9.17, 15) is 9.59 Å². The third-order valence-corrected chi connectivity index (χ3v) is 5.07. The van der Waals surface area contributed by atoms with E-state index in [-0.39, 0.29) is 17.7 Å². The van der Waals surface area contributed by atoms with Crippen molar-refractivity contribution in [2.24, 2.45) is 11.8 Å². The number of hydrogen-bond acceptors (Lipinski definition) is 3.